The Morgan fingerprint density at radius 3 is 1.35 bits per heavy atom. The Morgan fingerprint density at radius 2 is 0.838 bits per heavy atom. The second-order valence-electron chi connectivity index (χ2n) is 32.7. The molecule has 0 spiro atoms. The summed E-state index contributed by atoms with van der Waals surface area (Å²) in [7, 11) is 0. The zero-order valence-electron chi connectivity index (χ0n) is 53.0. The molecule has 0 N–H and O–H groups in total. The van der Waals surface area contributed by atoms with E-state index >= 15 is 0 Å². The topological polar surface area (TPSA) is 19.6 Å². The fourth-order valence-corrected chi connectivity index (χ4v) is 15.0. The molecule has 7 aromatic rings. The summed E-state index contributed by atoms with van der Waals surface area (Å²) >= 11 is 0. The average molecular weight is 1060 g/mol. The maximum absolute atomic E-state index is 7.89. The Hall–Kier alpha value is -5.74. The van der Waals surface area contributed by atoms with Crippen LogP contribution in [0.5, 0.6) is 0 Å². The number of nitrogens with zero attached hydrogens (tertiary/aromatic N) is 2. The van der Waals surface area contributed by atoms with Crippen LogP contribution in [-0.4, -0.2) is 6.71 Å². The second-order valence-corrected chi connectivity index (χ2v) is 32.7. The predicted octanol–water partition coefficient (Wildman–Crippen LogP) is 19.6. The van der Waals surface area contributed by atoms with Crippen molar-refractivity contribution >= 4 is 57.4 Å². The molecule has 416 valence electrons. The van der Waals surface area contributed by atoms with E-state index < -0.39 is 0 Å². The SMILES string of the molecule is CC(C)(C)c1ccc(N2c3cc(-c4cc5c(cc4-c4ccccc4)C(C)(C)CCC5(C)C)cc4c3B(c3cc5c(cc3N4c3cc(C(C)(C)C)cc(C(C)(C)C)c3)C(C)(C)CCC5(C)C)c3c2oc2c3C(C)(C)CCC2(C)C)cc1. The molecule has 4 heteroatoms. The van der Waals surface area contributed by atoms with Gasteiger partial charge in [-0.15, -0.1) is 0 Å². The Balaban J connectivity index is 1.30. The van der Waals surface area contributed by atoms with E-state index in [1.807, 2.05) is 0 Å². The van der Waals surface area contributed by atoms with E-state index in [-0.39, 0.29) is 55.4 Å². The van der Waals surface area contributed by atoms with Crippen molar-refractivity contribution in [1.82, 2.24) is 0 Å². The summed E-state index contributed by atoms with van der Waals surface area (Å²) in [5.41, 5.74) is 26.3. The van der Waals surface area contributed by atoms with Gasteiger partial charge in [0.05, 0.1) is 0 Å². The highest BCUT2D eigenvalue weighted by atomic mass is 16.4. The van der Waals surface area contributed by atoms with Gasteiger partial charge in [-0.05, 0) is 220 Å². The lowest BCUT2D eigenvalue weighted by Crippen LogP contribution is -2.63. The number of furan rings is 1. The van der Waals surface area contributed by atoms with Gasteiger partial charge in [0.1, 0.15) is 5.76 Å². The van der Waals surface area contributed by atoms with Gasteiger partial charge < -0.3 is 9.32 Å². The molecule has 3 nitrogen and oxygen atoms in total. The molecule has 3 aliphatic carbocycles. The smallest absolute Gasteiger partial charge is 0.256 e. The van der Waals surface area contributed by atoms with Crippen molar-refractivity contribution in [2.75, 3.05) is 9.80 Å². The van der Waals surface area contributed by atoms with Gasteiger partial charge in [-0.2, -0.15) is 0 Å². The van der Waals surface area contributed by atoms with E-state index in [9.17, 15) is 0 Å². The molecule has 3 heterocycles. The largest absolute Gasteiger partial charge is 0.444 e. The zero-order chi connectivity index (χ0) is 57.6. The molecule has 0 radical (unpaired) electrons. The fraction of sp³-hybridized carbons (Fsp3) is 0.474. The number of hydrogen-bond acceptors (Lipinski definition) is 3. The van der Waals surface area contributed by atoms with Gasteiger partial charge in [-0.1, -0.05) is 200 Å². The molecule has 5 aliphatic rings. The van der Waals surface area contributed by atoms with Crippen molar-refractivity contribution in [3.05, 3.63) is 159 Å². The van der Waals surface area contributed by atoms with Crippen LogP contribution in [-0.2, 0) is 48.7 Å². The first kappa shape index (κ1) is 54.8. The van der Waals surface area contributed by atoms with E-state index in [0.717, 1.165) is 55.9 Å². The second kappa shape index (κ2) is 17.4. The van der Waals surface area contributed by atoms with Crippen LogP contribution in [0, 0.1) is 0 Å². The molecule has 1 aromatic heterocycles. The minimum Gasteiger partial charge on any atom is -0.444 e. The van der Waals surface area contributed by atoms with Gasteiger partial charge in [-0.3, -0.25) is 4.90 Å². The fourth-order valence-electron chi connectivity index (χ4n) is 15.0. The minimum atomic E-state index is -0.152. The van der Waals surface area contributed by atoms with E-state index in [2.05, 4.69) is 264 Å². The van der Waals surface area contributed by atoms with Gasteiger partial charge in [0.25, 0.3) is 6.71 Å². The van der Waals surface area contributed by atoms with Crippen LogP contribution in [0.2, 0.25) is 0 Å². The molecule has 0 amide bonds. The molecule has 0 saturated carbocycles. The number of anilines is 6. The summed E-state index contributed by atoms with van der Waals surface area (Å²) in [5, 5.41) is 0. The molecular weight excluding hydrogens is 968 g/mol. The molecule has 6 aromatic carbocycles. The normalized spacial score (nSPS) is 19.8. The summed E-state index contributed by atoms with van der Waals surface area (Å²) in [4.78, 5) is 5.34. The highest BCUT2D eigenvalue weighted by Crippen LogP contribution is 2.57. The Bertz CT molecular complexity index is 3630. The molecule has 80 heavy (non-hydrogen) atoms. The van der Waals surface area contributed by atoms with Crippen LogP contribution in [0.15, 0.2) is 114 Å². The summed E-state index contributed by atoms with van der Waals surface area (Å²) in [6, 6.07) is 44.3. The molecule has 0 atom stereocenters. The number of benzene rings is 6. The summed E-state index contributed by atoms with van der Waals surface area (Å²) in [6.07, 6.45) is 6.77. The number of hydrogen-bond donors (Lipinski definition) is 0. The van der Waals surface area contributed by atoms with Crippen LogP contribution in [0.25, 0.3) is 22.3 Å². The van der Waals surface area contributed by atoms with Gasteiger partial charge in [0.2, 0.25) is 0 Å². The lowest BCUT2D eigenvalue weighted by Gasteiger charge is -2.47. The van der Waals surface area contributed by atoms with Gasteiger partial charge >= 0.3 is 0 Å². The predicted molar refractivity (Wildman–Crippen MR) is 346 cm³/mol. The molecular formula is C76H93BN2O. The van der Waals surface area contributed by atoms with Gasteiger partial charge in [0, 0.05) is 33.9 Å². The molecule has 0 saturated heterocycles. The molecule has 2 aliphatic heterocycles. The van der Waals surface area contributed by atoms with Crippen molar-refractivity contribution in [3.63, 3.8) is 0 Å². The third kappa shape index (κ3) is 8.54. The van der Waals surface area contributed by atoms with Crippen LogP contribution in [0.1, 0.15) is 234 Å². The van der Waals surface area contributed by atoms with E-state index in [1.54, 1.807) is 0 Å². The first-order valence-electron chi connectivity index (χ1n) is 30.7. The number of rotatable bonds is 4. The lowest BCUT2D eigenvalue weighted by molar-refractivity contribution is 0.280. The average Bonchev–Trinajstić information content (AvgIpc) is 3.80. The van der Waals surface area contributed by atoms with E-state index in [0.29, 0.717) is 0 Å². The van der Waals surface area contributed by atoms with Crippen LogP contribution in [0.3, 0.4) is 0 Å². The maximum Gasteiger partial charge on any atom is 0.256 e. The highest BCUT2D eigenvalue weighted by molar-refractivity contribution is 7.00. The lowest BCUT2D eigenvalue weighted by atomic mass is 9.32. The highest BCUT2D eigenvalue weighted by Gasteiger charge is 2.54. The van der Waals surface area contributed by atoms with E-state index in [1.165, 1.54) is 106 Å². The molecule has 0 unspecified atom stereocenters. The Kier molecular flexibility index (Phi) is 11.9. The first-order chi connectivity index (χ1) is 37.0. The van der Waals surface area contributed by atoms with Crippen LogP contribution in [0.4, 0.5) is 34.3 Å². The first-order valence-corrected chi connectivity index (χ1v) is 30.7. The van der Waals surface area contributed by atoms with E-state index in [4.69, 9.17) is 4.42 Å². The molecule has 12 rings (SSSR count). The van der Waals surface area contributed by atoms with Crippen molar-refractivity contribution in [2.24, 2.45) is 0 Å². The Labute approximate surface area is 483 Å². The maximum atomic E-state index is 7.89. The van der Waals surface area contributed by atoms with Crippen LogP contribution < -0.4 is 26.2 Å². The van der Waals surface area contributed by atoms with Crippen molar-refractivity contribution < 1.29 is 4.42 Å². The Morgan fingerprint density at radius 1 is 0.388 bits per heavy atom. The molecule has 0 fully saturated rings. The van der Waals surface area contributed by atoms with Gasteiger partial charge in [-0.25, -0.2) is 0 Å². The quantitative estimate of drug-likeness (QED) is 0.164. The summed E-state index contributed by atoms with van der Waals surface area (Å²) in [6.45, 7) is 51.1. The standard InChI is InChI=1S/C76H93BN2O/c1-68(2,3)48-27-29-51(30-28-48)79-62-38-47(54-43-56-55(71(10,11)31-32-72(56,12)13)42-53(54)46-25-23-22-24-26-46)37-61-64(62)77(65-63-66(80-67(65)79)76(20,21)36-35-75(63,18)19)59-44-57-58(74(16,17)34-33-73(57,14)15)45-60(59)78(61)52-40-49(69(4,5)6)39-50(41-52)70(7,8)9/h22-30,37-45H,31-36H2,1-21H3. The van der Waals surface area contributed by atoms with Crippen LogP contribution >= 0.6 is 0 Å². The monoisotopic (exact) mass is 1060 g/mol. The van der Waals surface area contributed by atoms with Gasteiger partial charge in [0.15, 0.2) is 5.88 Å². The summed E-state index contributed by atoms with van der Waals surface area (Å²) < 4.78 is 7.89. The zero-order valence-corrected chi connectivity index (χ0v) is 53.0. The third-order valence-corrected chi connectivity index (χ3v) is 20.8. The number of fused-ring (bicyclic) bond motifs is 8. The third-order valence-electron chi connectivity index (χ3n) is 20.8. The molecule has 0 bridgehead atoms. The van der Waals surface area contributed by atoms with Crippen molar-refractivity contribution in [3.8, 4) is 22.3 Å². The van der Waals surface area contributed by atoms with Crippen molar-refractivity contribution in [1.29, 1.82) is 0 Å². The van der Waals surface area contributed by atoms with Crippen molar-refractivity contribution in [2.45, 2.75) is 233 Å². The minimum absolute atomic E-state index is 0.00127. The summed E-state index contributed by atoms with van der Waals surface area (Å²) in [5.74, 6) is 2.15.